The molecule has 1 heterocycles. The number of H-pyrrole nitrogens is 1. The van der Waals surface area contributed by atoms with Gasteiger partial charge < -0.3 is 10.3 Å². The second-order valence-electron chi connectivity index (χ2n) is 5.89. The van der Waals surface area contributed by atoms with E-state index in [-0.39, 0.29) is 23.2 Å². The number of amides is 1. The molecule has 0 radical (unpaired) electrons. The fraction of sp³-hybridized carbons (Fsp3) is 0.200. The summed E-state index contributed by atoms with van der Waals surface area (Å²) in [6.07, 6.45) is 0.985. The summed E-state index contributed by atoms with van der Waals surface area (Å²) in [5.41, 5.74) is 2.31. The van der Waals surface area contributed by atoms with Crippen LogP contribution in [0.25, 0.3) is 10.8 Å². The van der Waals surface area contributed by atoms with E-state index in [0.717, 1.165) is 17.4 Å². The summed E-state index contributed by atoms with van der Waals surface area (Å²) in [7, 11) is 0. The van der Waals surface area contributed by atoms with Gasteiger partial charge in [0.2, 0.25) is 0 Å². The van der Waals surface area contributed by atoms with E-state index in [0.29, 0.717) is 5.39 Å². The van der Waals surface area contributed by atoms with Gasteiger partial charge in [0.05, 0.1) is 6.04 Å². The lowest BCUT2D eigenvalue weighted by molar-refractivity contribution is 0.0935. The lowest BCUT2D eigenvalue weighted by atomic mass is 10.0. The second-order valence-corrected chi connectivity index (χ2v) is 5.89. The topological polar surface area (TPSA) is 62.0 Å². The van der Waals surface area contributed by atoms with Gasteiger partial charge in [-0.05, 0) is 42.0 Å². The molecule has 2 N–H and O–H groups in total. The van der Waals surface area contributed by atoms with Crippen LogP contribution in [0.2, 0.25) is 0 Å². The first-order valence-electron chi connectivity index (χ1n) is 8.10. The average Bonchev–Trinajstić information content (AvgIpc) is 2.61. The van der Waals surface area contributed by atoms with Crippen molar-refractivity contribution in [2.75, 3.05) is 0 Å². The number of rotatable bonds is 4. The second kappa shape index (κ2) is 6.71. The van der Waals surface area contributed by atoms with Crippen LogP contribution in [0.1, 0.15) is 41.5 Å². The lowest BCUT2D eigenvalue weighted by Crippen LogP contribution is -2.29. The van der Waals surface area contributed by atoms with Crippen LogP contribution in [0, 0.1) is 0 Å². The van der Waals surface area contributed by atoms with Crippen LogP contribution in [0.4, 0.5) is 0 Å². The van der Waals surface area contributed by atoms with E-state index in [1.165, 1.54) is 5.56 Å². The van der Waals surface area contributed by atoms with Gasteiger partial charge in [0.25, 0.3) is 11.5 Å². The number of pyridine rings is 1. The molecule has 1 unspecified atom stereocenters. The maximum atomic E-state index is 12.5. The highest BCUT2D eigenvalue weighted by Crippen LogP contribution is 2.15. The lowest BCUT2D eigenvalue weighted by Gasteiger charge is -2.15. The van der Waals surface area contributed by atoms with Crippen molar-refractivity contribution in [3.63, 3.8) is 0 Å². The number of aromatic nitrogens is 1. The molecule has 4 nitrogen and oxygen atoms in total. The quantitative estimate of drug-likeness (QED) is 0.772. The number of aromatic amines is 1. The minimum Gasteiger partial charge on any atom is -0.344 e. The normalized spacial score (nSPS) is 12.1. The van der Waals surface area contributed by atoms with Crippen molar-refractivity contribution in [1.82, 2.24) is 10.3 Å². The van der Waals surface area contributed by atoms with E-state index < -0.39 is 0 Å². The highest BCUT2D eigenvalue weighted by Gasteiger charge is 2.13. The maximum Gasteiger partial charge on any atom is 0.268 e. The third-order valence-corrected chi connectivity index (χ3v) is 4.23. The molecule has 1 aromatic heterocycles. The maximum absolute atomic E-state index is 12.5. The molecule has 4 heteroatoms. The van der Waals surface area contributed by atoms with Crippen molar-refractivity contribution in [3.8, 4) is 0 Å². The third kappa shape index (κ3) is 3.23. The first-order chi connectivity index (χ1) is 11.6. The van der Waals surface area contributed by atoms with Crippen molar-refractivity contribution < 1.29 is 4.79 Å². The Morgan fingerprint density at radius 1 is 1.12 bits per heavy atom. The smallest absolute Gasteiger partial charge is 0.268 e. The summed E-state index contributed by atoms with van der Waals surface area (Å²) >= 11 is 0. The number of hydrogen-bond acceptors (Lipinski definition) is 2. The van der Waals surface area contributed by atoms with Gasteiger partial charge in [0.15, 0.2) is 0 Å². The molecule has 24 heavy (non-hydrogen) atoms. The molecule has 0 spiro atoms. The molecule has 1 amide bonds. The fourth-order valence-electron chi connectivity index (χ4n) is 2.73. The summed E-state index contributed by atoms with van der Waals surface area (Å²) in [6.45, 7) is 4.04. The first-order valence-corrected chi connectivity index (χ1v) is 8.10. The minimum atomic E-state index is -0.287. The first kappa shape index (κ1) is 16.0. The van der Waals surface area contributed by atoms with Gasteiger partial charge in [0.1, 0.15) is 5.69 Å². The average molecular weight is 320 g/mol. The SMILES string of the molecule is CCc1ccc(C(C)NC(=O)c2cc3ccccc3c(=O)[nH]2)cc1. The molecule has 1 atom stereocenters. The van der Waals surface area contributed by atoms with E-state index in [1.54, 1.807) is 18.2 Å². The van der Waals surface area contributed by atoms with Crippen molar-refractivity contribution in [3.05, 3.63) is 81.8 Å². The molecule has 3 aromatic rings. The van der Waals surface area contributed by atoms with Crippen LogP contribution in [-0.4, -0.2) is 10.9 Å². The van der Waals surface area contributed by atoms with Crippen molar-refractivity contribution in [2.45, 2.75) is 26.3 Å². The number of fused-ring (bicyclic) bond motifs is 1. The molecular weight excluding hydrogens is 300 g/mol. The van der Waals surface area contributed by atoms with Crippen LogP contribution in [0.5, 0.6) is 0 Å². The van der Waals surface area contributed by atoms with Crippen LogP contribution in [0.3, 0.4) is 0 Å². The number of carbonyl (C=O) groups is 1. The van der Waals surface area contributed by atoms with E-state index in [2.05, 4.69) is 29.4 Å². The summed E-state index contributed by atoms with van der Waals surface area (Å²) in [4.78, 5) is 27.2. The number of hydrogen-bond donors (Lipinski definition) is 2. The van der Waals surface area contributed by atoms with E-state index in [9.17, 15) is 9.59 Å². The van der Waals surface area contributed by atoms with Crippen LogP contribution >= 0.6 is 0 Å². The Morgan fingerprint density at radius 3 is 2.54 bits per heavy atom. The highest BCUT2D eigenvalue weighted by atomic mass is 16.2. The highest BCUT2D eigenvalue weighted by molar-refractivity contribution is 5.96. The standard InChI is InChI=1S/C20H20N2O2/c1-3-14-8-10-15(11-9-14)13(2)21-20(24)18-12-16-6-4-5-7-17(16)19(23)22-18/h4-13H,3H2,1-2H3,(H,21,24)(H,22,23). The molecule has 0 fully saturated rings. The fourth-order valence-corrected chi connectivity index (χ4v) is 2.73. The molecule has 0 saturated carbocycles. The van der Waals surface area contributed by atoms with Gasteiger partial charge in [-0.25, -0.2) is 0 Å². The third-order valence-electron chi connectivity index (χ3n) is 4.23. The number of aryl methyl sites for hydroxylation is 1. The molecule has 0 bridgehead atoms. The zero-order valence-electron chi connectivity index (χ0n) is 13.8. The van der Waals surface area contributed by atoms with Gasteiger partial charge in [-0.3, -0.25) is 9.59 Å². The van der Waals surface area contributed by atoms with E-state index in [1.807, 2.05) is 31.2 Å². The summed E-state index contributed by atoms with van der Waals surface area (Å²) in [6, 6.07) is 17.0. The Kier molecular flexibility index (Phi) is 4.47. The van der Waals surface area contributed by atoms with Gasteiger partial charge in [0, 0.05) is 5.39 Å². The minimum absolute atomic E-state index is 0.140. The van der Waals surface area contributed by atoms with Crippen LogP contribution in [0.15, 0.2) is 59.4 Å². The van der Waals surface area contributed by atoms with Crippen molar-refractivity contribution in [1.29, 1.82) is 0 Å². The molecule has 122 valence electrons. The number of benzene rings is 2. The Labute approximate surface area is 140 Å². The van der Waals surface area contributed by atoms with Crippen molar-refractivity contribution >= 4 is 16.7 Å². The Balaban J connectivity index is 1.82. The molecule has 0 aliphatic rings. The largest absolute Gasteiger partial charge is 0.344 e. The molecule has 3 rings (SSSR count). The number of nitrogens with one attached hydrogen (secondary N) is 2. The summed E-state index contributed by atoms with van der Waals surface area (Å²) in [5, 5.41) is 4.27. The number of carbonyl (C=O) groups excluding carboxylic acids is 1. The molecule has 0 saturated heterocycles. The molecule has 0 aliphatic heterocycles. The summed E-state index contributed by atoms with van der Waals surface area (Å²) in [5.74, 6) is -0.287. The molecular formula is C20H20N2O2. The Morgan fingerprint density at radius 2 is 1.83 bits per heavy atom. The predicted octanol–water partition coefficient (Wildman–Crippen LogP) is 3.58. The Hall–Kier alpha value is -2.88. The zero-order valence-corrected chi connectivity index (χ0v) is 13.8. The van der Waals surface area contributed by atoms with E-state index in [4.69, 9.17) is 0 Å². The molecule has 0 aliphatic carbocycles. The van der Waals surface area contributed by atoms with Gasteiger partial charge >= 0.3 is 0 Å². The van der Waals surface area contributed by atoms with Crippen molar-refractivity contribution in [2.24, 2.45) is 0 Å². The van der Waals surface area contributed by atoms with Gasteiger partial charge in [-0.2, -0.15) is 0 Å². The monoisotopic (exact) mass is 320 g/mol. The van der Waals surface area contributed by atoms with Crippen LogP contribution < -0.4 is 10.9 Å². The zero-order chi connectivity index (χ0) is 17.1. The van der Waals surface area contributed by atoms with Gasteiger partial charge in [-0.1, -0.05) is 49.4 Å². The summed E-state index contributed by atoms with van der Waals surface area (Å²) < 4.78 is 0. The van der Waals surface area contributed by atoms with Crippen LogP contribution in [-0.2, 0) is 6.42 Å². The van der Waals surface area contributed by atoms with E-state index >= 15 is 0 Å². The predicted molar refractivity (Wildman–Crippen MR) is 96.3 cm³/mol. The van der Waals surface area contributed by atoms with Gasteiger partial charge in [-0.15, -0.1) is 0 Å². The molecule has 2 aromatic carbocycles. The Bertz CT molecular complexity index is 926.